The molecule has 1 heterocycles. The molecule has 1 fully saturated rings. The van der Waals surface area contributed by atoms with E-state index in [-0.39, 0.29) is 0 Å². The van der Waals surface area contributed by atoms with E-state index in [9.17, 15) is 0 Å². The Kier molecular flexibility index (Phi) is 2.52. The first-order valence-corrected chi connectivity index (χ1v) is 5.64. The fraction of sp³-hybridized carbons (Fsp3) is 0.800. The zero-order valence-corrected chi connectivity index (χ0v) is 9.46. The summed E-state index contributed by atoms with van der Waals surface area (Å²) in [5.41, 5.74) is 0.489. The van der Waals surface area contributed by atoms with Gasteiger partial charge in [0.15, 0.2) is 0 Å². The van der Waals surface area contributed by atoms with Gasteiger partial charge in [-0.15, -0.1) is 21.8 Å². The molecule has 0 amide bonds. The molecule has 0 bridgehead atoms. The number of rotatable bonds is 4. The normalized spacial score (nSPS) is 18.9. The predicted molar refractivity (Wildman–Crippen MR) is 56.1 cm³/mol. The van der Waals surface area contributed by atoms with Crippen LogP contribution in [-0.4, -0.2) is 14.8 Å². The summed E-state index contributed by atoms with van der Waals surface area (Å²) in [5.74, 6) is 2.07. The molecule has 0 saturated heterocycles. The van der Waals surface area contributed by atoms with Crippen LogP contribution in [0.2, 0.25) is 0 Å². The Morgan fingerprint density at radius 3 is 2.79 bits per heavy atom. The molecular formula is C10H16ClN3. The Labute approximate surface area is 89.5 Å². The molecule has 0 radical (unpaired) electrons. The van der Waals surface area contributed by atoms with Crippen molar-refractivity contribution in [1.29, 1.82) is 0 Å². The fourth-order valence-corrected chi connectivity index (χ4v) is 2.14. The molecule has 1 aliphatic rings. The third-order valence-corrected chi connectivity index (χ3v) is 3.66. The molecule has 1 aromatic rings. The average Bonchev–Trinajstić information content (AvgIpc) is 2.79. The van der Waals surface area contributed by atoms with Crippen molar-refractivity contribution in [1.82, 2.24) is 14.8 Å². The van der Waals surface area contributed by atoms with Gasteiger partial charge >= 0.3 is 0 Å². The van der Waals surface area contributed by atoms with Crippen LogP contribution in [0.15, 0.2) is 6.33 Å². The zero-order chi connectivity index (χ0) is 10.2. The first kappa shape index (κ1) is 9.97. The molecule has 14 heavy (non-hydrogen) atoms. The van der Waals surface area contributed by atoms with E-state index in [1.165, 1.54) is 12.8 Å². The maximum atomic E-state index is 5.78. The van der Waals surface area contributed by atoms with Gasteiger partial charge in [-0.3, -0.25) is 0 Å². The summed E-state index contributed by atoms with van der Waals surface area (Å²) in [7, 11) is 0. The zero-order valence-electron chi connectivity index (χ0n) is 8.70. The number of halogens is 1. The lowest BCUT2D eigenvalue weighted by Gasteiger charge is -2.20. The minimum Gasteiger partial charge on any atom is -0.316 e. The lowest BCUT2D eigenvalue weighted by Crippen LogP contribution is -2.18. The topological polar surface area (TPSA) is 30.7 Å². The Balaban J connectivity index is 2.11. The van der Waals surface area contributed by atoms with Gasteiger partial charge in [0.2, 0.25) is 0 Å². The van der Waals surface area contributed by atoms with Crippen molar-refractivity contribution in [2.45, 2.75) is 39.1 Å². The van der Waals surface area contributed by atoms with E-state index in [4.69, 9.17) is 11.6 Å². The summed E-state index contributed by atoms with van der Waals surface area (Å²) in [4.78, 5) is 0. The molecule has 0 aromatic carbocycles. The quantitative estimate of drug-likeness (QED) is 0.720. The van der Waals surface area contributed by atoms with E-state index >= 15 is 0 Å². The van der Waals surface area contributed by atoms with Gasteiger partial charge in [0.25, 0.3) is 0 Å². The van der Waals surface area contributed by atoms with Crippen LogP contribution in [0.4, 0.5) is 0 Å². The Morgan fingerprint density at radius 1 is 1.57 bits per heavy atom. The number of aromatic nitrogens is 3. The van der Waals surface area contributed by atoms with Crippen molar-refractivity contribution in [3.05, 3.63) is 12.2 Å². The van der Waals surface area contributed by atoms with Crippen LogP contribution >= 0.6 is 11.6 Å². The standard InChI is InChI=1S/C10H16ClN3/c1-8(2)10(3-4-10)6-14-7-12-13-9(14)5-11/h7-8H,3-6H2,1-2H3. The molecule has 2 rings (SSSR count). The summed E-state index contributed by atoms with van der Waals surface area (Å²) in [6.07, 6.45) is 4.44. The summed E-state index contributed by atoms with van der Waals surface area (Å²) in [5, 5.41) is 7.88. The second-order valence-corrected chi connectivity index (χ2v) is 4.79. The molecule has 0 spiro atoms. The van der Waals surface area contributed by atoms with Crippen LogP contribution < -0.4 is 0 Å². The van der Waals surface area contributed by atoms with E-state index in [0.29, 0.717) is 11.3 Å². The number of hydrogen-bond donors (Lipinski definition) is 0. The molecular weight excluding hydrogens is 198 g/mol. The molecule has 0 unspecified atom stereocenters. The molecule has 4 heteroatoms. The van der Waals surface area contributed by atoms with E-state index in [0.717, 1.165) is 18.3 Å². The summed E-state index contributed by atoms with van der Waals surface area (Å²) in [6, 6.07) is 0. The average molecular weight is 214 g/mol. The highest BCUT2D eigenvalue weighted by Gasteiger charge is 2.45. The van der Waals surface area contributed by atoms with Gasteiger partial charge in [0.05, 0.1) is 5.88 Å². The maximum absolute atomic E-state index is 5.78. The SMILES string of the molecule is CC(C)C1(Cn2cnnc2CCl)CC1. The van der Waals surface area contributed by atoms with E-state index < -0.39 is 0 Å². The highest BCUT2D eigenvalue weighted by atomic mass is 35.5. The Hall–Kier alpha value is -0.570. The number of nitrogens with zero attached hydrogens (tertiary/aromatic N) is 3. The summed E-state index contributed by atoms with van der Waals surface area (Å²) in [6.45, 7) is 5.61. The van der Waals surface area contributed by atoms with Crippen molar-refractivity contribution < 1.29 is 0 Å². The molecule has 1 saturated carbocycles. The first-order chi connectivity index (χ1) is 6.68. The molecule has 1 aliphatic carbocycles. The van der Waals surface area contributed by atoms with Gasteiger partial charge in [-0.25, -0.2) is 0 Å². The molecule has 78 valence electrons. The van der Waals surface area contributed by atoms with E-state index in [1.54, 1.807) is 6.33 Å². The van der Waals surface area contributed by atoms with Crippen LogP contribution in [0.5, 0.6) is 0 Å². The van der Waals surface area contributed by atoms with Gasteiger partial charge < -0.3 is 4.57 Å². The van der Waals surface area contributed by atoms with Crippen molar-refractivity contribution in [2.24, 2.45) is 11.3 Å². The van der Waals surface area contributed by atoms with Crippen LogP contribution in [0.1, 0.15) is 32.5 Å². The summed E-state index contributed by atoms with van der Waals surface area (Å²) >= 11 is 5.78. The maximum Gasteiger partial charge on any atom is 0.147 e. The molecule has 0 atom stereocenters. The van der Waals surface area contributed by atoms with Crippen molar-refractivity contribution >= 4 is 11.6 Å². The Morgan fingerprint density at radius 2 is 2.29 bits per heavy atom. The summed E-state index contributed by atoms with van der Waals surface area (Å²) < 4.78 is 2.10. The van der Waals surface area contributed by atoms with E-state index in [1.807, 2.05) is 0 Å². The van der Waals surface area contributed by atoms with Gasteiger partial charge in [-0.1, -0.05) is 13.8 Å². The van der Waals surface area contributed by atoms with E-state index in [2.05, 4.69) is 28.6 Å². The highest BCUT2D eigenvalue weighted by Crippen LogP contribution is 2.53. The van der Waals surface area contributed by atoms with Gasteiger partial charge in [0, 0.05) is 6.54 Å². The highest BCUT2D eigenvalue weighted by molar-refractivity contribution is 6.16. The molecule has 0 aliphatic heterocycles. The third-order valence-electron chi connectivity index (χ3n) is 3.42. The van der Waals surface area contributed by atoms with Crippen LogP contribution in [0, 0.1) is 11.3 Å². The molecule has 0 N–H and O–H groups in total. The minimum absolute atomic E-state index is 0.453. The predicted octanol–water partition coefficient (Wildman–Crippen LogP) is 2.45. The fourth-order valence-electron chi connectivity index (χ4n) is 1.93. The van der Waals surface area contributed by atoms with Gasteiger partial charge in [-0.05, 0) is 24.2 Å². The van der Waals surface area contributed by atoms with Gasteiger partial charge in [-0.2, -0.15) is 0 Å². The minimum atomic E-state index is 0.453. The molecule has 3 nitrogen and oxygen atoms in total. The first-order valence-electron chi connectivity index (χ1n) is 5.10. The second-order valence-electron chi connectivity index (χ2n) is 4.53. The smallest absolute Gasteiger partial charge is 0.147 e. The van der Waals surface area contributed by atoms with Crippen LogP contribution in [0.25, 0.3) is 0 Å². The van der Waals surface area contributed by atoms with Crippen molar-refractivity contribution in [2.75, 3.05) is 0 Å². The third kappa shape index (κ3) is 1.65. The van der Waals surface area contributed by atoms with Crippen LogP contribution in [-0.2, 0) is 12.4 Å². The number of alkyl halides is 1. The Bertz CT molecular complexity index is 315. The lowest BCUT2D eigenvalue weighted by atomic mass is 9.92. The largest absolute Gasteiger partial charge is 0.316 e. The van der Waals surface area contributed by atoms with Crippen molar-refractivity contribution in [3.8, 4) is 0 Å². The number of hydrogen-bond acceptors (Lipinski definition) is 2. The second kappa shape index (κ2) is 3.54. The van der Waals surface area contributed by atoms with Crippen LogP contribution in [0.3, 0.4) is 0 Å². The van der Waals surface area contributed by atoms with Crippen molar-refractivity contribution in [3.63, 3.8) is 0 Å². The monoisotopic (exact) mass is 213 g/mol. The van der Waals surface area contributed by atoms with Gasteiger partial charge in [0.1, 0.15) is 12.2 Å². The molecule has 1 aromatic heterocycles. The lowest BCUT2D eigenvalue weighted by molar-refractivity contribution is 0.305.